The number of anilines is 1. The number of imidazole rings is 1. The molecule has 1 aliphatic rings. The van der Waals surface area contributed by atoms with Gasteiger partial charge in [0.2, 0.25) is 11.9 Å². The quantitative estimate of drug-likeness (QED) is 0.674. The van der Waals surface area contributed by atoms with Crippen LogP contribution in [0.1, 0.15) is 31.2 Å². The Balaban J connectivity index is 1.41. The molecule has 4 rings (SSSR count). The predicted molar refractivity (Wildman–Crippen MR) is 112 cm³/mol. The zero-order valence-corrected chi connectivity index (χ0v) is 16.8. The van der Waals surface area contributed by atoms with Crippen molar-refractivity contribution in [1.29, 1.82) is 0 Å². The fourth-order valence-electron chi connectivity index (χ4n) is 3.60. The minimum Gasteiger partial charge on any atom is -0.353 e. The van der Waals surface area contributed by atoms with Gasteiger partial charge < -0.3 is 10.2 Å². The first kappa shape index (κ1) is 19.4. The average Bonchev–Trinajstić information content (AvgIpc) is 3.29. The summed E-state index contributed by atoms with van der Waals surface area (Å²) in [6, 6.07) is 9.55. The summed E-state index contributed by atoms with van der Waals surface area (Å²) in [5.41, 5.74) is 1.03. The molecule has 0 spiro atoms. The molecule has 1 fully saturated rings. The summed E-state index contributed by atoms with van der Waals surface area (Å²) in [6.45, 7) is 1.39. The summed E-state index contributed by atoms with van der Waals surface area (Å²) in [4.78, 5) is 27.9. The highest BCUT2D eigenvalue weighted by Gasteiger charge is 2.26. The van der Waals surface area contributed by atoms with E-state index in [1.807, 2.05) is 36.5 Å². The molecule has 1 amide bonds. The zero-order valence-electron chi connectivity index (χ0n) is 16.0. The first-order valence-corrected chi connectivity index (χ1v) is 10.2. The number of hydrogen-bond donors (Lipinski definition) is 1. The Kier molecular flexibility index (Phi) is 6.05. The molecule has 150 valence electrons. The second-order valence-electron chi connectivity index (χ2n) is 7.14. The number of carbonyl (C=O) groups excluding carboxylic acids is 1. The van der Waals surface area contributed by atoms with Crippen molar-refractivity contribution in [3.05, 3.63) is 65.8 Å². The average molecular weight is 411 g/mol. The van der Waals surface area contributed by atoms with Crippen molar-refractivity contribution in [3.8, 4) is 5.95 Å². The smallest absolute Gasteiger partial charge is 0.236 e. The van der Waals surface area contributed by atoms with Gasteiger partial charge in [-0.1, -0.05) is 23.7 Å². The van der Waals surface area contributed by atoms with Crippen molar-refractivity contribution in [2.75, 3.05) is 11.4 Å². The summed E-state index contributed by atoms with van der Waals surface area (Å²) in [5.74, 6) is 1.47. The number of nitrogens with zero attached hydrogens (tertiary/aromatic N) is 5. The second kappa shape index (κ2) is 9.05. The van der Waals surface area contributed by atoms with Crippen molar-refractivity contribution in [1.82, 2.24) is 24.8 Å². The maximum absolute atomic E-state index is 12.6. The van der Waals surface area contributed by atoms with Gasteiger partial charge >= 0.3 is 0 Å². The number of aromatic nitrogens is 4. The predicted octanol–water partition coefficient (Wildman–Crippen LogP) is 3.38. The van der Waals surface area contributed by atoms with Crippen LogP contribution in [0.5, 0.6) is 0 Å². The molecule has 1 atom stereocenters. The van der Waals surface area contributed by atoms with Gasteiger partial charge in [-0.3, -0.25) is 9.36 Å². The highest BCUT2D eigenvalue weighted by Crippen LogP contribution is 2.25. The molecule has 8 heteroatoms. The number of benzene rings is 1. The topological polar surface area (TPSA) is 75.9 Å². The summed E-state index contributed by atoms with van der Waals surface area (Å²) in [6.07, 6.45) is 10.6. The molecule has 1 N–H and O–H groups in total. The number of rotatable bonds is 6. The van der Waals surface area contributed by atoms with E-state index in [4.69, 9.17) is 16.6 Å². The van der Waals surface area contributed by atoms with Crippen LogP contribution in [0.3, 0.4) is 0 Å². The highest BCUT2D eigenvalue weighted by atomic mass is 35.5. The van der Waals surface area contributed by atoms with E-state index in [1.165, 1.54) is 0 Å². The van der Waals surface area contributed by atoms with Crippen LogP contribution in [0, 0.1) is 0 Å². The SMILES string of the molecule is O=C(CC1CCCCN1c1ccnc(-n2ccnc2)n1)NCc1ccc(Cl)cc1. The molecule has 1 aliphatic heterocycles. The Morgan fingerprint density at radius 2 is 2.03 bits per heavy atom. The third kappa shape index (κ3) is 4.92. The molecule has 1 saturated heterocycles. The molecule has 3 heterocycles. The molecular weight excluding hydrogens is 388 g/mol. The van der Waals surface area contributed by atoms with E-state index < -0.39 is 0 Å². The lowest BCUT2D eigenvalue weighted by Gasteiger charge is -2.36. The van der Waals surface area contributed by atoms with Crippen molar-refractivity contribution < 1.29 is 4.79 Å². The fraction of sp³-hybridized carbons (Fsp3) is 0.333. The molecule has 0 saturated carbocycles. The van der Waals surface area contributed by atoms with Gasteiger partial charge in [-0.05, 0) is 43.0 Å². The van der Waals surface area contributed by atoms with Gasteiger partial charge in [-0.25, -0.2) is 9.97 Å². The number of piperidine rings is 1. The van der Waals surface area contributed by atoms with Crippen LogP contribution in [0.4, 0.5) is 5.82 Å². The third-order valence-corrected chi connectivity index (χ3v) is 5.36. The Morgan fingerprint density at radius 3 is 2.83 bits per heavy atom. The van der Waals surface area contributed by atoms with Crippen LogP contribution < -0.4 is 10.2 Å². The van der Waals surface area contributed by atoms with Gasteiger partial charge in [0.1, 0.15) is 12.1 Å². The normalized spacial score (nSPS) is 16.6. The first-order valence-electron chi connectivity index (χ1n) is 9.78. The van der Waals surface area contributed by atoms with Gasteiger partial charge in [-0.2, -0.15) is 4.98 Å². The lowest BCUT2D eigenvalue weighted by Crippen LogP contribution is -2.43. The summed E-state index contributed by atoms with van der Waals surface area (Å²) >= 11 is 5.91. The van der Waals surface area contributed by atoms with Gasteiger partial charge in [-0.15, -0.1) is 0 Å². The fourth-order valence-corrected chi connectivity index (χ4v) is 3.73. The summed E-state index contributed by atoms with van der Waals surface area (Å²) in [7, 11) is 0. The van der Waals surface area contributed by atoms with Crippen LogP contribution in [0.2, 0.25) is 5.02 Å². The van der Waals surface area contributed by atoms with Gasteiger partial charge in [0, 0.05) is 49.2 Å². The second-order valence-corrected chi connectivity index (χ2v) is 7.57. The molecule has 3 aromatic rings. The Morgan fingerprint density at radius 1 is 1.17 bits per heavy atom. The molecule has 1 unspecified atom stereocenters. The van der Waals surface area contributed by atoms with Gasteiger partial charge in [0.05, 0.1) is 0 Å². The van der Waals surface area contributed by atoms with Crippen LogP contribution in [0.25, 0.3) is 5.95 Å². The maximum Gasteiger partial charge on any atom is 0.236 e. The Labute approximate surface area is 174 Å². The van der Waals surface area contributed by atoms with Gasteiger partial charge in [0.15, 0.2) is 0 Å². The van der Waals surface area contributed by atoms with E-state index in [9.17, 15) is 4.79 Å². The highest BCUT2D eigenvalue weighted by molar-refractivity contribution is 6.30. The number of carbonyl (C=O) groups is 1. The van der Waals surface area contributed by atoms with E-state index in [0.29, 0.717) is 23.9 Å². The zero-order chi connectivity index (χ0) is 20.1. The molecule has 0 bridgehead atoms. The minimum absolute atomic E-state index is 0.0424. The number of hydrogen-bond acceptors (Lipinski definition) is 5. The van der Waals surface area contributed by atoms with E-state index in [0.717, 1.165) is 37.2 Å². The van der Waals surface area contributed by atoms with Crippen LogP contribution in [-0.4, -0.2) is 38.0 Å². The standard InChI is InChI=1S/C21H23ClN6O/c22-17-6-4-16(5-7-17)14-25-20(29)13-18-3-1-2-11-28(18)19-8-9-24-21(26-19)27-12-10-23-15-27/h4-10,12,15,18H,1-3,11,13-14H2,(H,25,29). The lowest BCUT2D eigenvalue weighted by atomic mass is 9.99. The largest absolute Gasteiger partial charge is 0.353 e. The number of nitrogens with one attached hydrogen (secondary N) is 1. The molecule has 1 aromatic carbocycles. The van der Waals surface area contributed by atoms with E-state index in [1.54, 1.807) is 23.3 Å². The van der Waals surface area contributed by atoms with Crippen molar-refractivity contribution in [3.63, 3.8) is 0 Å². The van der Waals surface area contributed by atoms with Crippen molar-refractivity contribution in [2.24, 2.45) is 0 Å². The molecule has 29 heavy (non-hydrogen) atoms. The van der Waals surface area contributed by atoms with Crippen molar-refractivity contribution >= 4 is 23.3 Å². The number of halogens is 1. The molecule has 0 aliphatic carbocycles. The monoisotopic (exact) mass is 410 g/mol. The van der Waals surface area contributed by atoms with Crippen LogP contribution in [0.15, 0.2) is 55.2 Å². The molecule has 2 aromatic heterocycles. The van der Waals surface area contributed by atoms with Crippen LogP contribution in [-0.2, 0) is 11.3 Å². The third-order valence-electron chi connectivity index (χ3n) is 5.11. The van der Waals surface area contributed by atoms with Crippen molar-refractivity contribution in [2.45, 2.75) is 38.3 Å². The molecule has 7 nitrogen and oxygen atoms in total. The Hall–Kier alpha value is -2.93. The van der Waals surface area contributed by atoms with Gasteiger partial charge in [0.25, 0.3) is 0 Å². The first-order chi connectivity index (χ1) is 14.2. The molecule has 0 radical (unpaired) electrons. The maximum atomic E-state index is 12.6. The Bertz CT molecular complexity index is 944. The van der Waals surface area contributed by atoms with E-state index in [2.05, 4.69) is 20.2 Å². The van der Waals surface area contributed by atoms with Crippen LogP contribution >= 0.6 is 11.6 Å². The summed E-state index contributed by atoms with van der Waals surface area (Å²) < 4.78 is 1.78. The lowest BCUT2D eigenvalue weighted by molar-refractivity contribution is -0.121. The molecular formula is C21H23ClN6O. The summed E-state index contributed by atoms with van der Waals surface area (Å²) in [5, 5.41) is 3.71. The minimum atomic E-state index is 0.0424. The van der Waals surface area contributed by atoms with E-state index in [-0.39, 0.29) is 11.9 Å². The number of amides is 1. The van der Waals surface area contributed by atoms with E-state index >= 15 is 0 Å².